The Balaban J connectivity index is 3.00. The van der Waals surface area contributed by atoms with Crippen molar-refractivity contribution < 1.29 is 43.1 Å². The molecule has 1 aliphatic rings. The molecule has 0 unspecified atom stereocenters. The summed E-state index contributed by atoms with van der Waals surface area (Å²) in [6.07, 6.45) is -6.33. The zero-order chi connectivity index (χ0) is 16.0. The lowest BCUT2D eigenvalue weighted by molar-refractivity contribution is -0.296. The maximum Gasteiger partial charge on any atom is 0.508 e. The molecule has 0 aromatic carbocycles. The van der Waals surface area contributed by atoms with E-state index in [1.165, 1.54) is 21.3 Å². The fraction of sp³-hybridized carbons (Fsp3) is 0.833. The van der Waals surface area contributed by atoms with Gasteiger partial charge in [0, 0.05) is 21.3 Å². The molecular formula is C12H20O9. The van der Waals surface area contributed by atoms with E-state index in [1.807, 2.05) is 0 Å². The number of carbonyl (C=O) groups is 2. The van der Waals surface area contributed by atoms with Crippen molar-refractivity contribution in [2.45, 2.75) is 37.6 Å². The standard InChI is InChI=1S/C12H20O9/c1-5-19-12(15)21-7-6(16-2)9(17-3)11(18-4)20-8(7)10(13)14/h6-9,11H,5H2,1-4H3,(H,13,14)/t6-,7-,8+,9+,11-/m0/s1. The summed E-state index contributed by atoms with van der Waals surface area (Å²) in [6.45, 7) is 1.69. The fourth-order valence-corrected chi connectivity index (χ4v) is 2.11. The number of carbonyl (C=O) groups excluding carboxylic acids is 1. The summed E-state index contributed by atoms with van der Waals surface area (Å²) in [5, 5.41) is 9.23. The Bertz CT molecular complexity index is 357. The smallest absolute Gasteiger partial charge is 0.479 e. The van der Waals surface area contributed by atoms with E-state index in [9.17, 15) is 14.7 Å². The Morgan fingerprint density at radius 1 is 1.05 bits per heavy atom. The molecule has 0 bridgehead atoms. The number of hydrogen-bond acceptors (Lipinski definition) is 8. The summed E-state index contributed by atoms with van der Waals surface area (Å²) in [7, 11) is 4.07. The van der Waals surface area contributed by atoms with Crippen molar-refractivity contribution in [1.29, 1.82) is 0 Å². The molecule has 1 rings (SSSR count). The van der Waals surface area contributed by atoms with E-state index in [1.54, 1.807) is 6.92 Å². The van der Waals surface area contributed by atoms with Crippen LogP contribution in [0.3, 0.4) is 0 Å². The third-order valence-corrected chi connectivity index (χ3v) is 3.01. The highest BCUT2D eigenvalue weighted by Gasteiger charge is 2.52. The summed E-state index contributed by atoms with van der Waals surface area (Å²) in [5.74, 6) is -1.32. The van der Waals surface area contributed by atoms with Gasteiger partial charge < -0.3 is 33.5 Å². The highest BCUT2D eigenvalue weighted by Crippen LogP contribution is 2.28. The van der Waals surface area contributed by atoms with Crippen LogP contribution >= 0.6 is 0 Å². The minimum Gasteiger partial charge on any atom is -0.479 e. The van der Waals surface area contributed by atoms with Gasteiger partial charge in [0.2, 0.25) is 0 Å². The molecular weight excluding hydrogens is 288 g/mol. The molecule has 0 radical (unpaired) electrons. The van der Waals surface area contributed by atoms with Gasteiger partial charge in [0.1, 0.15) is 12.2 Å². The molecule has 0 aromatic rings. The second-order valence-electron chi connectivity index (χ2n) is 4.17. The predicted octanol–water partition coefficient (Wildman–Crippen LogP) is 0.0140. The van der Waals surface area contributed by atoms with E-state index >= 15 is 0 Å². The second kappa shape index (κ2) is 8.13. The number of carboxylic acids is 1. The molecule has 5 atom stereocenters. The molecule has 122 valence electrons. The molecule has 1 heterocycles. The van der Waals surface area contributed by atoms with E-state index in [0.29, 0.717) is 0 Å². The normalized spacial score (nSPS) is 32.5. The first-order valence-electron chi connectivity index (χ1n) is 6.30. The first kappa shape index (κ1) is 17.6. The fourth-order valence-electron chi connectivity index (χ4n) is 2.11. The van der Waals surface area contributed by atoms with Crippen LogP contribution in [0.25, 0.3) is 0 Å². The zero-order valence-electron chi connectivity index (χ0n) is 12.3. The second-order valence-corrected chi connectivity index (χ2v) is 4.17. The SMILES string of the molecule is CCOC(=O)O[C@H]1[C@H](OC)[C@@H](OC)[C@@H](OC)O[C@H]1C(=O)O. The molecule has 21 heavy (non-hydrogen) atoms. The Morgan fingerprint density at radius 3 is 2.10 bits per heavy atom. The van der Waals surface area contributed by atoms with Crippen molar-refractivity contribution >= 4 is 12.1 Å². The van der Waals surface area contributed by atoms with Crippen molar-refractivity contribution in [3.05, 3.63) is 0 Å². The Hall–Kier alpha value is -1.42. The van der Waals surface area contributed by atoms with E-state index < -0.39 is 42.8 Å². The van der Waals surface area contributed by atoms with Crippen molar-refractivity contribution in [3.8, 4) is 0 Å². The summed E-state index contributed by atoms with van der Waals surface area (Å²) in [5.41, 5.74) is 0. The summed E-state index contributed by atoms with van der Waals surface area (Å²) < 4.78 is 30.4. The van der Waals surface area contributed by atoms with Crippen LogP contribution < -0.4 is 0 Å². The van der Waals surface area contributed by atoms with Crippen LogP contribution in [0.5, 0.6) is 0 Å². The third kappa shape index (κ3) is 4.03. The summed E-state index contributed by atoms with van der Waals surface area (Å²) in [6, 6.07) is 0. The van der Waals surface area contributed by atoms with Crippen LogP contribution in [0.4, 0.5) is 4.79 Å². The van der Waals surface area contributed by atoms with Crippen LogP contribution in [0.1, 0.15) is 6.92 Å². The van der Waals surface area contributed by atoms with E-state index in [2.05, 4.69) is 4.74 Å². The Morgan fingerprint density at radius 2 is 1.67 bits per heavy atom. The molecule has 0 spiro atoms. The average Bonchev–Trinajstić information content (AvgIpc) is 2.46. The van der Waals surface area contributed by atoms with Crippen molar-refractivity contribution in [2.75, 3.05) is 27.9 Å². The number of carboxylic acid groups (broad SMARTS) is 1. The molecule has 1 aliphatic heterocycles. The topological polar surface area (TPSA) is 110 Å². The van der Waals surface area contributed by atoms with Crippen LogP contribution in [0.2, 0.25) is 0 Å². The number of aliphatic carboxylic acids is 1. The molecule has 1 saturated heterocycles. The monoisotopic (exact) mass is 308 g/mol. The van der Waals surface area contributed by atoms with Gasteiger partial charge in [-0.3, -0.25) is 0 Å². The number of methoxy groups -OCH3 is 3. The first-order chi connectivity index (χ1) is 9.99. The molecule has 9 heteroatoms. The van der Waals surface area contributed by atoms with E-state index in [0.717, 1.165) is 0 Å². The van der Waals surface area contributed by atoms with E-state index in [-0.39, 0.29) is 6.61 Å². The molecule has 0 aliphatic carbocycles. The van der Waals surface area contributed by atoms with Gasteiger partial charge in [0.15, 0.2) is 18.5 Å². The summed E-state index contributed by atoms with van der Waals surface area (Å²) in [4.78, 5) is 22.8. The van der Waals surface area contributed by atoms with Crippen LogP contribution in [0.15, 0.2) is 0 Å². The lowest BCUT2D eigenvalue weighted by Crippen LogP contribution is -2.62. The highest BCUT2D eigenvalue weighted by atomic mass is 16.8. The first-order valence-corrected chi connectivity index (χ1v) is 6.30. The van der Waals surface area contributed by atoms with Crippen LogP contribution in [0, 0.1) is 0 Å². The number of rotatable bonds is 6. The maximum atomic E-state index is 11.5. The van der Waals surface area contributed by atoms with Gasteiger partial charge in [0.05, 0.1) is 6.61 Å². The Labute approximate surface area is 122 Å². The molecule has 0 amide bonds. The largest absolute Gasteiger partial charge is 0.508 e. The quantitative estimate of drug-likeness (QED) is 0.678. The zero-order valence-corrected chi connectivity index (χ0v) is 12.3. The molecule has 9 nitrogen and oxygen atoms in total. The van der Waals surface area contributed by atoms with Crippen molar-refractivity contribution in [2.24, 2.45) is 0 Å². The molecule has 1 N–H and O–H groups in total. The molecule has 0 saturated carbocycles. The molecule has 1 fully saturated rings. The number of hydrogen-bond donors (Lipinski definition) is 1. The van der Waals surface area contributed by atoms with Crippen molar-refractivity contribution in [3.63, 3.8) is 0 Å². The van der Waals surface area contributed by atoms with Gasteiger partial charge in [-0.15, -0.1) is 0 Å². The van der Waals surface area contributed by atoms with Crippen LogP contribution in [-0.4, -0.2) is 75.9 Å². The molecule has 0 aromatic heterocycles. The highest BCUT2D eigenvalue weighted by molar-refractivity contribution is 5.74. The van der Waals surface area contributed by atoms with Gasteiger partial charge in [-0.2, -0.15) is 0 Å². The lowest BCUT2D eigenvalue weighted by Gasteiger charge is -2.42. The number of ether oxygens (including phenoxy) is 6. The lowest BCUT2D eigenvalue weighted by atomic mass is 9.98. The van der Waals surface area contributed by atoms with Gasteiger partial charge in [-0.05, 0) is 6.92 Å². The average molecular weight is 308 g/mol. The minimum absolute atomic E-state index is 0.0935. The van der Waals surface area contributed by atoms with Crippen LogP contribution in [-0.2, 0) is 33.2 Å². The minimum atomic E-state index is -1.46. The predicted molar refractivity (Wildman–Crippen MR) is 66.8 cm³/mol. The van der Waals surface area contributed by atoms with E-state index in [4.69, 9.17) is 23.7 Å². The Kier molecular flexibility index (Phi) is 6.82. The van der Waals surface area contributed by atoms with Gasteiger partial charge in [-0.1, -0.05) is 0 Å². The maximum absolute atomic E-state index is 11.5. The summed E-state index contributed by atoms with van der Waals surface area (Å²) >= 11 is 0. The van der Waals surface area contributed by atoms with Crippen molar-refractivity contribution in [1.82, 2.24) is 0 Å². The van der Waals surface area contributed by atoms with Gasteiger partial charge in [-0.25, -0.2) is 9.59 Å². The van der Waals surface area contributed by atoms with Gasteiger partial charge in [0.25, 0.3) is 0 Å². The third-order valence-electron chi connectivity index (χ3n) is 3.01. The van der Waals surface area contributed by atoms with Gasteiger partial charge >= 0.3 is 12.1 Å².